The normalized spacial score (nSPS) is 41.2. The third-order valence-corrected chi connectivity index (χ3v) is 5.12. The first kappa shape index (κ1) is 10.8. The van der Waals surface area contributed by atoms with Crippen LogP contribution in [0.25, 0.3) is 0 Å². The van der Waals surface area contributed by atoms with Gasteiger partial charge >= 0.3 is 11.9 Å². The minimum atomic E-state index is -0.944. The molecule has 0 aromatic carbocycles. The number of carboxylic acids is 2. The summed E-state index contributed by atoms with van der Waals surface area (Å²) >= 11 is 0. The molecule has 4 unspecified atom stereocenters. The lowest BCUT2D eigenvalue weighted by atomic mass is 9.74. The molecule has 92 valence electrons. The minimum absolute atomic E-state index is 0.0495. The van der Waals surface area contributed by atoms with Gasteiger partial charge in [0, 0.05) is 0 Å². The van der Waals surface area contributed by atoms with Crippen molar-refractivity contribution in [2.45, 2.75) is 25.7 Å². The van der Waals surface area contributed by atoms with Crippen molar-refractivity contribution in [2.24, 2.45) is 29.1 Å². The number of rotatable bonds is 2. The molecular formula is C13H16O4. The van der Waals surface area contributed by atoms with Crippen molar-refractivity contribution in [1.29, 1.82) is 0 Å². The molecule has 0 saturated heterocycles. The molecule has 3 aliphatic rings. The first-order valence-corrected chi connectivity index (χ1v) is 6.22. The first-order valence-electron chi connectivity index (χ1n) is 6.22. The maximum Gasteiger partial charge on any atom is 0.308 e. The third-order valence-electron chi connectivity index (χ3n) is 5.12. The molecule has 0 heterocycles. The zero-order valence-electron chi connectivity index (χ0n) is 9.50. The van der Waals surface area contributed by atoms with Crippen LogP contribution < -0.4 is 0 Å². The van der Waals surface area contributed by atoms with E-state index in [2.05, 4.69) is 0 Å². The van der Waals surface area contributed by atoms with Gasteiger partial charge in [0.25, 0.3) is 0 Å². The lowest BCUT2D eigenvalue weighted by Gasteiger charge is -2.30. The second-order valence-electron chi connectivity index (χ2n) is 5.60. The van der Waals surface area contributed by atoms with E-state index in [9.17, 15) is 19.8 Å². The van der Waals surface area contributed by atoms with E-state index in [1.54, 1.807) is 0 Å². The van der Waals surface area contributed by atoms with Crippen molar-refractivity contribution >= 4 is 11.9 Å². The molecule has 0 aliphatic heterocycles. The Labute approximate surface area is 99.3 Å². The van der Waals surface area contributed by atoms with E-state index in [-0.39, 0.29) is 17.3 Å². The topological polar surface area (TPSA) is 74.6 Å². The first-order chi connectivity index (χ1) is 8.08. The summed E-state index contributed by atoms with van der Waals surface area (Å²) in [6.45, 7) is 0. The molecule has 4 atom stereocenters. The third kappa shape index (κ3) is 1.18. The lowest BCUT2D eigenvalue weighted by Crippen LogP contribution is -2.32. The monoisotopic (exact) mass is 236 g/mol. The molecule has 2 saturated carbocycles. The predicted molar refractivity (Wildman–Crippen MR) is 59.3 cm³/mol. The number of carbonyl (C=O) groups is 2. The Morgan fingerprint density at radius 1 is 0.941 bits per heavy atom. The van der Waals surface area contributed by atoms with Crippen LogP contribution in [0.5, 0.6) is 0 Å². The minimum Gasteiger partial charge on any atom is -0.481 e. The number of aliphatic carboxylic acids is 2. The summed E-state index contributed by atoms with van der Waals surface area (Å²) < 4.78 is 0. The largest absolute Gasteiger partial charge is 0.481 e. The van der Waals surface area contributed by atoms with Crippen molar-refractivity contribution in [3.63, 3.8) is 0 Å². The van der Waals surface area contributed by atoms with E-state index in [1.165, 1.54) is 0 Å². The van der Waals surface area contributed by atoms with E-state index in [4.69, 9.17) is 0 Å². The van der Waals surface area contributed by atoms with Crippen LogP contribution in [-0.4, -0.2) is 22.2 Å². The Bertz CT molecular complexity index is 374. The van der Waals surface area contributed by atoms with Crippen LogP contribution in [0.4, 0.5) is 0 Å². The fourth-order valence-electron chi connectivity index (χ4n) is 4.56. The molecule has 3 aliphatic carbocycles. The molecule has 4 heteroatoms. The summed E-state index contributed by atoms with van der Waals surface area (Å²) in [5.41, 5.74) is -0.0495. The Balaban J connectivity index is 2.05. The second-order valence-corrected chi connectivity index (χ2v) is 5.60. The maximum absolute atomic E-state index is 11.3. The summed E-state index contributed by atoms with van der Waals surface area (Å²) in [6, 6.07) is 0. The van der Waals surface area contributed by atoms with Crippen LogP contribution in [-0.2, 0) is 9.59 Å². The lowest BCUT2D eigenvalue weighted by molar-refractivity contribution is -0.154. The highest BCUT2D eigenvalue weighted by molar-refractivity contribution is 5.83. The highest BCUT2D eigenvalue weighted by Crippen LogP contribution is 2.66. The van der Waals surface area contributed by atoms with Crippen LogP contribution in [0, 0.1) is 29.1 Å². The van der Waals surface area contributed by atoms with Crippen LogP contribution in [0.1, 0.15) is 25.7 Å². The molecule has 2 bridgehead atoms. The molecular weight excluding hydrogens is 220 g/mol. The molecule has 0 amide bonds. The Kier molecular flexibility index (Phi) is 2.12. The van der Waals surface area contributed by atoms with Gasteiger partial charge in [-0.2, -0.15) is 0 Å². The second kappa shape index (κ2) is 3.34. The van der Waals surface area contributed by atoms with Gasteiger partial charge in [-0.3, -0.25) is 9.59 Å². The fraction of sp³-hybridized carbons (Fsp3) is 0.692. The van der Waals surface area contributed by atoms with Crippen molar-refractivity contribution in [3.05, 3.63) is 12.2 Å². The van der Waals surface area contributed by atoms with Crippen LogP contribution in [0.3, 0.4) is 0 Å². The van der Waals surface area contributed by atoms with Crippen molar-refractivity contribution < 1.29 is 19.8 Å². The smallest absolute Gasteiger partial charge is 0.308 e. The van der Waals surface area contributed by atoms with E-state index < -0.39 is 23.8 Å². The standard InChI is InChI=1S/C13H16O4/c14-11(15)9-7-3-4-8(10(9)12(16)17)13(7)5-1-2-6-13/h3-4,7-10H,1-2,5-6H2,(H,14,15)(H,16,17). The molecule has 3 rings (SSSR count). The Morgan fingerprint density at radius 3 is 1.71 bits per heavy atom. The van der Waals surface area contributed by atoms with Crippen LogP contribution in [0.2, 0.25) is 0 Å². The van der Waals surface area contributed by atoms with Crippen LogP contribution in [0.15, 0.2) is 12.2 Å². The average Bonchev–Trinajstić information content (AvgIpc) is 2.94. The zero-order valence-corrected chi connectivity index (χ0v) is 9.50. The van der Waals surface area contributed by atoms with Crippen molar-refractivity contribution in [2.75, 3.05) is 0 Å². The average molecular weight is 236 g/mol. The fourth-order valence-corrected chi connectivity index (χ4v) is 4.56. The van der Waals surface area contributed by atoms with Gasteiger partial charge in [-0.25, -0.2) is 0 Å². The van der Waals surface area contributed by atoms with Crippen LogP contribution >= 0.6 is 0 Å². The Morgan fingerprint density at radius 2 is 1.35 bits per heavy atom. The number of hydrogen-bond donors (Lipinski definition) is 2. The zero-order chi connectivity index (χ0) is 12.2. The van der Waals surface area contributed by atoms with E-state index >= 15 is 0 Å². The van der Waals surface area contributed by atoms with Gasteiger partial charge < -0.3 is 10.2 Å². The van der Waals surface area contributed by atoms with Crippen molar-refractivity contribution in [3.8, 4) is 0 Å². The SMILES string of the molecule is O=C(O)C1C(C(=O)O)C2C=CC1C21CCCC1. The number of allylic oxidation sites excluding steroid dienone is 2. The molecule has 1 spiro atoms. The molecule has 0 aromatic rings. The van der Waals surface area contributed by atoms with Gasteiger partial charge in [0.1, 0.15) is 0 Å². The quantitative estimate of drug-likeness (QED) is 0.716. The summed E-state index contributed by atoms with van der Waals surface area (Å²) in [6.07, 6.45) is 8.12. The summed E-state index contributed by atoms with van der Waals surface area (Å²) in [7, 11) is 0. The molecule has 17 heavy (non-hydrogen) atoms. The number of hydrogen-bond acceptors (Lipinski definition) is 2. The van der Waals surface area contributed by atoms with Gasteiger partial charge in [0.15, 0.2) is 0 Å². The predicted octanol–water partition coefficient (Wildman–Crippen LogP) is 1.76. The highest BCUT2D eigenvalue weighted by atomic mass is 16.4. The highest BCUT2D eigenvalue weighted by Gasteiger charge is 2.65. The molecule has 2 N–H and O–H groups in total. The van der Waals surface area contributed by atoms with E-state index in [1.807, 2.05) is 12.2 Å². The van der Waals surface area contributed by atoms with Gasteiger partial charge in [-0.15, -0.1) is 0 Å². The van der Waals surface area contributed by atoms with Gasteiger partial charge in [-0.1, -0.05) is 25.0 Å². The van der Waals surface area contributed by atoms with Crippen molar-refractivity contribution in [1.82, 2.24) is 0 Å². The van der Waals surface area contributed by atoms with Gasteiger partial charge in [-0.05, 0) is 30.1 Å². The van der Waals surface area contributed by atoms with Gasteiger partial charge in [0.05, 0.1) is 11.8 Å². The summed E-state index contributed by atoms with van der Waals surface area (Å²) in [4.78, 5) is 22.7. The summed E-state index contributed by atoms with van der Waals surface area (Å²) in [5.74, 6) is -3.45. The van der Waals surface area contributed by atoms with E-state index in [0.717, 1.165) is 25.7 Å². The molecule has 4 nitrogen and oxygen atoms in total. The molecule has 0 radical (unpaired) electrons. The van der Waals surface area contributed by atoms with Gasteiger partial charge in [0.2, 0.25) is 0 Å². The van der Waals surface area contributed by atoms with E-state index in [0.29, 0.717) is 0 Å². The molecule has 2 fully saturated rings. The number of carboxylic acid groups (broad SMARTS) is 2. The molecule has 0 aromatic heterocycles. The maximum atomic E-state index is 11.3. The summed E-state index contributed by atoms with van der Waals surface area (Å²) in [5, 5.41) is 18.6. The Hall–Kier alpha value is -1.32.